The third-order valence-electron chi connectivity index (χ3n) is 5.76. The van der Waals surface area contributed by atoms with Crippen molar-refractivity contribution in [1.29, 1.82) is 0 Å². The molecule has 2 aromatic carbocycles. The fourth-order valence-electron chi connectivity index (χ4n) is 4.08. The van der Waals surface area contributed by atoms with Crippen molar-refractivity contribution in [1.82, 2.24) is 0 Å². The van der Waals surface area contributed by atoms with E-state index in [0.717, 1.165) is 0 Å². The third-order valence-corrected chi connectivity index (χ3v) is 5.76. The maximum Gasteiger partial charge on any atom is -0.0109 e. The van der Waals surface area contributed by atoms with Crippen LogP contribution in [0.5, 0.6) is 0 Å². The molecule has 0 amide bonds. The van der Waals surface area contributed by atoms with E-state index in [0.29, 0.717) is 29.6 Å². The van der Waals surface area contributed by atoms with Gasteiger partial charge in [0.2, 0.25) is 0 Å². The molecule has 0 radical (unpaired) electrons. The average molecular weight is 365 g/mol. The molecule has 2 rings (SSSR count). The van der Waals surface area contributed by atoms with Gasteiger partial charge < -0.3 is 0 Å². The number of hydrogen-bond acceptors (Lipinski definition) is 0. The first-order valence-corrected chi connectivity index (χ1v) is 10.9. The van der Waals surface area contributed by atoms with Gasteiger partial charge in [-0.1, -0.05) is 99.6 Å². The van der Waals surface area contributed by atoms with Crippen LogP contribution in [-0.4, -0.2) is 0 Å². The molecule has 0 fully saturated rings. The molecule has 0 aromatic heterocycles. The molecule has 0 saturated heterocycles. The summed E-state index contributed by atoms with van der Waals surface area (Å²) in [5.41, 5.74) is 10.5. The van der Waals surface area contributed by atoms with Crippen LogP contribution < -0.4 is 0 Å². The first-order chi connectivity index (χ1) is 12.6. The molecule has 0 atom stereocenters. The van der Waals surface area contributed by atoms with Crippen molar-refractivity contribution >= 4 is 0 Å². The van der Waals surface area contributed by atoms with Crippen LogP contribution in [0.1, 0.15) is 127 Å². The van der Waals surface area contributed by atoms with E-state index >= 15 is 0 Å². The SMILES string of the molecule is CC(C)c1cc(C(C)C)c(-c2c(C(C)C)cccc2C(C)C)c(C(C)C)c1. The van der Waals surface area contributed by atoms with Gasteiger partial charge in [0.1, 0.15) is 0 Å². The lowest BCUT2D eigenvalue weighted by molar-refractivity contribution is 0.799. The Morgan fingerprint density at radius 1 is 0.444 bits per heavy atom. The highest BCUT2D eigenvalue weighted by Crippen LogP contribution is 2.44. The van der Waals surface area contributed by atoms with E-state index in [1.165, 1.54) is 38.9 Å². The lowest BCUT2D eigenvalue weighted by Crippen LogP contribution is -2.08. The van der Waals surface area contributed by atoms with Crippen molar-refractivity contribution in [3.05, 3.63) is 58.1 Å². The van der Waals surface area contributed by atoms with Crippen LogP contribution >= 0.6 is 0 Å². The quantitative estimate of drug-likeness (QED) is 0.479. The molecule has 0 heteroatoms. The molecule has 0 heterocycles. The zero-order chi connectivity index (χ0) is 20.5. The molecule has 0 spiro atoms. The Bertz CT molecular complexity index is 717. The minimum Gasteiger partial charge on any atom is -0.0617 e. The second-order valence-corrected chi connectivity index (χ2v) is 9.66. The maximum atomic E-state index is 2.48. The molecule has 0 aliphatic carbocycles. The van der Waals surface area contributed by atoms with Gasteiger partial charge in [-0.2, -0.15) is 0 Å². The van der Waals surface area contributed by atoms with Gasteiger partial charge in [-0.05, 0) is 68.5 Å². The Hall–Kier alpha value is -1.56. The van der Waals surface area contributed by atoms with Gasteiger partial charge in [0.15, 0.2) is 0 Å². The normalized spacial score (nSPS) is 12.3. The summed E-state index contributed by atoms with van der Waals surface area (Å²) in [5.74, 6) is 2.61. The molecule has 148 valence electrons. The fraction of sp³-hybridized carbons (Fsp3) is 0.556. The molecule has 2 aromatic rings. The summed E-state index contributed by atoms with van der Waals surface area (Å²) in [6.45, 7) is 23.3. The lowest BCUT2D eigenvalue weighted by atomic mass is 9.76. The van der Waals surface area contributed by atoms with Gasteiger partial charge in [-0.3, -0.25) is 0 Å². The standard InChI is InChI=1S/C27H40/c1-16(2)21-14-24(19(7)8)27(25(15-21)20(9)10)26-22(17(3)4)12-11-13-23(26)18(5)6/h11-20H,1-10H3. The zero-order valence-electron chi connectivity index (χ0n) is 19.3. The van der Waals surface area contributed by atoms with Crippen molar-refractivity contribution in [3.63, 3.8) is 0 Å². The van der Waals surface area contributed by atoms with Gasteiger partial charge in [-0.25, -0.2) is 0 Å². The monoisotopic (exact) mass is 364 g/mol. The first kappa shape index (κ1) is 21.7. The van der Waals surface area contributed by atoms with Gasteiger partial charge in [0.25, 0.3) is 0 Å². The number of hydrogen-bond donors (Lipinski definition) is 0. The largest absolute Gasteiger partial charge is 0.0617 e. The van der Waals surface area contributed by atoms with E-state index < -0.39 is 0 Å². The minimum absolute atomic E-state index is 0.511. The summed E-state index contributed by atoms with van der Waals surface area (Å²) >= 11 is 0. The van der Waals surface area contributed by atoms with Crippen LogP contribution in [0, 0.1) is 0 Å². The van der Waals surface area contributed by atoms with Gasteiger partial charge in [0.05, 0.1) is 0 Å². The fourth-order valence-corrected chi connectivity index (χ4v) is 4.08. The Morgan fingerprint density at radius 2 is 0.778 bits per heavy atom. The second-order valence-electron chi connectivity index (χ2n) is 9.66. The van der Waals surface area contributed by atoms with Crippen molar-refractivity contribution in [3.8, 4) is 11.1 Å². The number of rotatable bonds is 6. The van der Waals surface area contributed by atoms with Gasteiger partial charge in [0, 0.05) is 0 Å². The minimum atomic E-state index is 0.511. The van der Waals surface area contributed by atoms with Crippen LogP contribution in [0.15, 0.2) is 30.3 Å². The van der Waals surface area contributed by atoms with E-state index in [9.17, 15) is 0 Å². The van der Waals surface area contributed by atoms with Crippen LogP contribution in [0.25, 0.3) is 11.1 Å². The molecule has 27 heavy (non-hydrogen) atoms. The van der Waals surface area contributed by atoms with Crippen molar-refractivity contribution in [2.45, 2.75) is 98.8 Å². The summed E-state index contributed by atoms with van der Waals surface area (Å²) in [6.07, 6.45) is 0. The lowest BCUT2D eigenvalue weighted by Gasteiger charge is -2.28. The highest BCUT2D eigenvalue weighted by Gasteiger charge is 2.24. The Labute approximate surface area is 168 Å². The molecular formula is C27H40. The topological polar surface area (TPSA) is 0 Å². The number of benzene rings is 2. The Kier molecular flexibility index (Phi) is 6.95. The zero-order valence-corrected chi connectivity index (χ0v) is 19.3. The van der Waals surface area contributed by atoms with Crippen LogP contribution in [0.4, 0.5) is 0 Å². The smallest absolute Gasteiger partial charge is 0.0109 e. The maximum absolute atomic E-state index is 2.48. The van der Waals surface area contributed by atoms with Gasteiger partial charge in [-0.15, -0.1) is 0 Å². The van der Waals surface area contributed by atoms with Crippen molar-refractivity contribution < 1.29 is 0 Å². The molecule has 0 saturated carbocycles. The van der Waals surface area contributed by atoms with E-state index in [2.05, 4.69) is 99.6 Å². The Morgan fingerprint density at radius 3 is 1.07 bits per heavy atom. The van der Waals surface area contributed by atoms with E-state index in [4.69, 9.17) is 0 Å². The summed E-state index contributed by atoms with van der Waals surface area (Å²) in [7, 11) is 0. The summed E-state index contributed by atoms with van der Waals surface area (Å²) in [6, 6.07) is 11.9. The second kappa shape index (κ2) is 8.63. The van der Waals surface area contributed by atoms with E-state index in [1.54, 1.807) is 0 Å². The summed E-state index contributed by atoms with van der Waals surface area (Å²) < 4.78 is 0. The predicted molar refractivity (Wildman–Crippen MR) is 122 cm³/mol. The third kappa shape index (κ3) is 4.48. The highest BCUT2D eigenvalue weighted by atomic mass is 14.3. The highest BCUT2D eigenvalue weighted by molar-refractivity contribution is 5.79. The van der Waals surface area contributed by atoms with Crippen molar-refractivity contribution in [2.24, 2.45) is 0 Å². The summed E-state index contributed by atoms with van der Waals surface area (Å²) in [4.78, 5) is 0. The van der Waals surface area contributed by atoms with Crippen LogP contribution in [-0.2, 0) is 0 Å². The molecule has 0 unspecified atom stereocenters. The predicted octanol–water partition coefficient (Wildman–Crippen LogP) is 8.97. The van der Waals surface area contributed by atoms with E-state index in [1.807, 2.05) is 0 Å². The van der Waals surface area contributed by atoms with Crippen molar-refractivity contribution in [2.75, 3.05) is 0 Å². The summed E-state index contributed by atoms with van der Waals surface area (Å²) in [5, 5.41) is 0. The van der Waals surface area contributed by atoms with E-state index in [-0.39, 0.29) is 0 Å². The average Bonchev–Trinajstić information content (AvgIpc) is 2.59. The molecule has 0 N–H and O–H groups in total. The Balaban J connectivity index is 3.02. The van der Waals surface area contributed by atoms with Crippen LogP contribution in [0.3, 0.4) is 0 Å². The van der Waals surface area contributed by atoms with Crippen LogP contribution in [0.2, 0.25) is 0 Å². The first-order valence-electron chi connectivity index (χ1n) is 10.9. The molecular weight excluding hydrogens is 324 g/mol. The molecule has 0 aliphatic heterocycles. The molecule has 0 aliphatic rings. The molecule has 0 nitrogen and oxygen atoms in total. The molecule has 0 bridgehead atoms. The van der Waals surface area contributed by atoms with Gasteiger partial charge >= 0.3 is 0 Å².